The Morgan fingerprint density at radius 2 is 1.74 bits per heavy atom. The normalized spacial score (nSPS) is 23.0. The van der Waals surface area contributed by atoms with Crippen LogP contribution in [0.1, 0.15) is 27.7 Å². The monoisotopic (exact) mass is 320 g/mol. The summed E-state index contributed by atoms with van der Waals surface area (Å²) in [6, 6.07) is 4.58. The minimum atomic E-state index is -0.611. The summed E-state index contributed by atoms with van der Waals surface area (Å²) in [6.45, 7) is 8.90. The highest BCUT2D eigenvalue weighted by molar-refractivity contribution is 6.62. The van der Waals surface area contributed by atoms with Crippen LogP contribution in [-0.4, -0.2) is 49.4 Å². The Labute approximate surface area is 136 Å². The summed E-state index contributed by atoms with van der Waals surface area (Å²) >= 11 is 0. The quantitative estimate of drug-likeness (QED) is 0.783. The van der Waals surface area contributed by atoms with Crippen LogP contribution in [-0.2, 0) is 9.31 Å². The number of amides is 2. The van der Waals surface area contributed by atoms with Gasteiger partial charge in [-0.25, -0.2) is 9.18 Å². The third-order valence-electron chi connectivity index (χ3n) is 5.00. The van der Waals surface area contributed by atoms with Gasteiger partial charge in [0.15, 0.2) is 0 Å². The molecular formula is C16H22BFN2O3. The van der Waals surface area contributed by atoms with Gasteiger partial charge in [-0.3, -0.25) is 4.90 Å². The first-order valence-electron chi connectivity index (χ1n) is 7.80. The van der Waals surface area contributed by atoms with Gasteiger partial charge in [0.05, 0.1) is 16.9 Å². The maximum atomic E-state index is 14.5. The molecule has 2 amide bonds. The zero-order valence-electron chi connectivity index (χ0n) is 14.2. The molecule has 2 fully saturated rings. The number of rotatable bonds is 2. The molecule has 1 aromatic rings. The summed E-state index contributed by atoms with van der Waals surface area (Å²) in [5, 5.41) is 0. The summed E-state index contributed by atoms with van der Waals surface area (Å²) < 4.78 is 26.4. The molecular weight excluding hydrogens is 298 g/mol. The molecule has 2 aliphatic rings. The highest BCUT2D eigenvalue weighted by Gasteiger charge is 2.51. The van der Waals surface area contributed by atoms with Crippen LogP contribution in [0.5, 0.6) is 0 Å². The Hall–Kier alpha value is -1.60. The van der Waals surface area contributed by atoms with Crippen molar-refractivity contribution in [1.82, 2.24) is 4.90 Å². The SMILES string of the molecule is CN1CCN(c2ccc(B3OC(C)(C)C(C)(C)O3)cc2F)C1=O. The number of nitrogens with zero attached hydrogens (tertiary/aromatic N) is 2. The molecule has 0 aromatic heterocycles. The molecule has 2 aliphatic heterocycles. The molecule has 0 radical (unpaired) electrons. The van der Waals surface area contributed by atoms with Crippen molar-refractivity contribution in [1.29, 1.82) is 0 Å². The molecule has 0 unspecified atom stereocenters. The van der Waals surface area contributed by atoms with E-state index in [1.165, 1.54) is 11.0 Å². The van der Waals surface area contributed by atoms with Gasteiger partial charge in [-0.2, -0.15) is 0 Å². The van der Waals surface area contributed by atoms with E-state index >= 15 is 0 Å². The lowest BCUT2D eigenvalue weighted by Crippen LogP contribution is -2.41. The Morgan fingerprint density at radius 1 is 1.13 bits per heavy atom. The Bertz CT molecular complexity index is 634. The average molecular weight is 320 g/mol. The predicted octanol–water partition coefficient (Wildman–Crippen LogP) is 2.00. The number of likely N-dealkylation sites (N-methyl/N-ethyl adjacent to an activating group) is 1. The van der Waals surface area contributed by atoms with Crippen LogP contribution >= 0.6 is 0 Å². The lowest BCUT2D eigenvalue weighted by molar-refractivity contribution is 0.00578. The number of hydrogen-bond donors (Lipinski definition) is 0. The second kappa shape index (κ2) is 5.21. The zero-order chi connectivity index (χ0) is 17.0. The number of benzene rings is 1. The maximum absolute atomic E-state index is 14.5. The molecule has 1 aromatic carbocycles. The van der Waals surface area contributed by atoms with Crippen molar-refractivity contribution in [2.45, 2.75) is 38.9 Å². The van der Waals surface area contributed by atoms with Gasteiger partial charge >= 0.3 is 13.1 Å². The van der Waals surface area contributed by atoms with Crippen LogP contribution in [0.4, 0.5) is 14.9 Å². The predicted molar refractivity (Wildman–Crippen MR) is 87.5 cm³/mol. The van der Waals surface area contributed by atoms with Crippen LogP contribution in [0.25, 0.3) is 0 Å². The smallest absolute Gasteiger partial charge is 0.399 e. The van der Waals surface area contributed by atoms with Crippen LogP contribution < -0.4 is 10.4 Å². The molecule has 124 valence electrons. The Morgan fingerprint density at radius 3 is 2.22 bits per heavy atom. The first-order chi connectivity index (χ1) is 10.6. The summed E-state index contributed by atoms with van der Waals surface area (Å²) in [6.07, 6.45) is 0. The number of anilines is 1. The first kappa shape index (κ1) is 16.3. The molecule has 0 aliphatic carbocycles. The number of urea groups is 1. The molecule has 2 saturated heterocycles. The van der Waals surface area contributed by atoms with E-state index in [0.717, 1.165) is 0 Å². The fraction of sp³-hybridized carbons (Fsp3) is 0.562. The molecule has 23 heavy (non-hydrogen) atoms. The largest absolute Gasteiger partial charge is 0.494 e. The van der Waals surface area contributed by atoms with Crippen molar-refractivity contribution in [3.05, 3.63) is 24.0 Å². The van der Waals surface area contributed by atoms with Crippen LogP contribution in [0.15, 0.2) is 18.2 Å². The number of carbonyl (C=O) groups is 1. The van der Waals surface area contributed by atoms with Gasteiger partial charge in [0.2, 0.25) is 0 Å². The van der Waals surface area contributed by atoms with Crippen molar-refractivity contribution in [3.63, 3.8) is 0 Å². The van der Waals surface area contributed by atoms with Crippen molar-refractivity contribution in [3.8, 4) is 0 Å². The second-order valence-electron chi connectivity index (χ2n) is 7.15. The van der Waals surface area contributed by atoms with E-state index in [9.17, 15) is 9.18 Å². The van der Waals surface area contributed by atoms with E-state index in [-0.39, 0.29) is 6.03 Å². The van der Waals surface area contributed by atoms with Crippen LogP contribution in [0, 0.1) is 5.82 Å². The molecule has 3 rings (SSSR count). The van der Waals surface area contributed by atoms with E-state index in [1.807, 2.05) is 27.7 Å². The second-order valence-corrected chi connectivity index (χ2v) is 7.15. The van der Waals surface area contributed by atoms with E-state index in [4.69, 9.17) is 9.31 Å². The van der Waals surface area contributed by atoms with Gasteiger partial charge in [0.25, 0.3) is 0 Å². The summed E-state index contributed by atoms with van der Waals surface area (Å²) in [7, 11) is 1.10. The number of halogens is 1. The van der Waals surface area contributed by atoms with Gasteiger partial charge in [-0.05, 0) is 45.3 Å². The Kier molecular flexibility index (Phi) is 3.68. The summed E-state index contributed by atoms with van der Waals surface area (Å²) in [5.41, 5.74) is -0.0366. The summed E-state index contributed by atoms with van der Waals surface area (Å²) in [4.78, 5) is 15.0. The van der Waals surface area contributed by atoms with Crippen molar-refractivity contribution < 1.29 is 18.5 Å². The zero-order valence-corrected chi connectivity index (χ0v) is 14.2. The van der Waals surface area contributed by atoms with Gasteiger partial charge in [-0.15, -0.1) is 0 Å². The molecule has 2 heterocycles. The molecule has 0 N–H and O–H groups in total. The van der Waals surface area contributed by atoms with E-state index in [1.54, 1.807) is 24.1 Å². The molecule has 7 heteroatoms. The van der Waals surface area contributed by atoms with Crippen LogP contribution in [0.2, 0.25) is 0 Å². The summed E-state index contributed by atoms with van der Waals surface area (Å²) in [5.74, 6) is -0.444. The number of hydrogen-bond acceptors (Lipinski definition) is 3. The third kappa shape index (κ3) is 2.62. The van der Waals surface area contributed by atoms with Crippen molar-refractivity contribution in [2.24, 2.45) is 0 Å². The molecule has 5 nitrogen and oxygen atoms in total. The van der Waals surface area contributed by atoms with E-state index < -0.39 is 24.1 Å². The lowest BCUT2D eigenvalue weighted by atomic mass is 9.79. The van der Waals surface area contributed by atoms with Crippen LogP contribution in [0.3, 0.4) is 0 Å². The lowest BCUT2D eigenvalue weighted by Gasteiger charge is -2.32. The minimum Gasteiger partial charge on any atom is -0.399 e. The average Bonchev–Trinajstić information content (AvgIpc) is 2.88. The molecule has 0 spiro atoms. The first-order valence-corrected chi connectivity index (χ1v) is 7.80. The fourth-order valence-electron chi connectivity index (χ4n) is 2.74. The minimum absolute atomic E-state index is 0.188. The Balaban J connectivity index is 1.85. The van der Waals surface area contributed by atoms with E-state index in [0.29, 0.717) is 24.2 Å². The standard InChI is InChI=1S/C16H22BFN2O3/c1-15(2)16(3,4)23-17(22-15)11-6-7-13(12(18)10-11)20-9-8-19(5)14(20)21/h6-7,10H,8-9H2,1-5H3. The van der Waals surface area contributed by atoms with Gasteiger partial charge in [0.1, 0.15) is 5.82 Å². The maximum Gasteiger partial charge on any atom is 0.494 e. The molecule has 0 bridgehead atoms. The topological polar surface area (TPSA) is 42.0 Å². The number of carbonyl (C=O) groups excluding carboxylic acids is 1. The van der Waals surface area contributed by atoms with Gasteiger partial charge < -0.3 is 14.2 Å². The fourth-order valence-corrected chi connectivity index (χ4v) is 2.74. The molecule has 0 atom stereocenters. The van der Waals surface area contributed by atoms with Gasteiger partial charge in [-0.1, -0.05) is 6.07 Å². The third-order valence-corrected chi connectivity index (χ3v) is 5.00. The van der Waals surface area contributed by atoms with Crippen molar-refractivity contribution >= 4 is 24.3 Å². The highest BCUT2D eigenvalue weighted by Crippen LogP contribution is 2.36. The van der Waals surface area contributed by atoms with Gasteiger partial charge in [0, 0.05) is 20.1 Å². The highest BCUT2D eigenvalue weighted by atomic mass is 19.1. The van der Waals surface area contributed by atoms with E-state index in [2.05, 4.69) is 0 Å². The molecule has 0 saturated carbocycles. The van der Waals surface area contributed by atoms with Crippen molar-refractivity contribution in [2.75, 3.05) is 25.0 Å².